The maximum atomic E-state index is 12.4. The van der Waals surface area contributed by atoms with Crippen LogP contribution in [0.1, 0.15) is 58.6 Å². The molecule has 0 spiro atoms. The molecule has 2 saturated heterocycles. The summed E-state index contributed by atoms with van der Waals surface area (Å²) in [5.41, 5.74) is 6.79. The van der Waals surface area contributed by atoms with Crippen LogP contribution in [0.25, 0.3) is 0 Å². The zero-order chi connectivity index (χ0) is 24.4. The summed E-state index contributed by atoms with van der Waals surface area (Å²) in [6, 6.07) is 23.3. The van der Waals surface area contributed by atoms with E-state index in [2.05, 4.69) is 58.3 Å². The second kappa shape index (κ2) is 10.0. The highest BCUT2D eigenvalue weighted by Gasteiger charge is 2.24. The highest BCUT2D eigenvalue weighted by Crippen LogP contribution is 2.37. The van der Waals surface area contributed by atoms with Gasteiger partial charge in [0.15, 0.2) is 0 Å². The molecule has 0 atom stereocenters. The van der Waals surface area contributed by atoms with Crippen molar-refractivity contribution >= 4 is 23.0 Å². The molecule has 0 aliphatic carbocycles. The first-order valence-electron chi connectivity index (χ1n) is 12.8. The molecular weight excluding hydrogens is 434 g/mol. The maximum Gasteiger partial charge on any atom is 0.336 e. The molecule has 5 heteroatoms. The van der Waals surface area contributed by atoms with E-state index < -0.39 is 5.97 Å². The van der Waals surface area contributed by atoms with Crippen LogP contribution in [0.4, 0.5) is 17.1 Å². The summed E-state index contributed by atoms with van der Waals surface area (Å²) in [7, 11) is 3.87. The lowest BCUT2D eigenvalue weighted by atomic mass is 9.82. The Kier molecular flexibility index (Phi) is 6.67. The second-order valence-electron chi connectivity index (χ2n) is 9.98. The van der Waals surface area contributed by atoms with Gasteiger partial charge in [-0.3, -0.25) is 0 Å². The van der Waals surface area contributed by atoms with Crippen molar-refractivity contribution in [2.24, 2.45) is 0 Å². The minimum absolute atomic E-state index is 0.155. The summed E-state index contributed by atoms with van der Waals surface area (Å²) in [4.78, 5) is 19.2. The third-order valence-electron chi connectivity index (χ3n) is 7.49. The van der Waals surface area contributed by atoms with Gasteiger partial charge in [-0.2, -0.15) is 0 Å². The van der Waals surface area contributed by atoms with Crippen LogP contribution < -0.4 is 14.7 Å². The molecule has 0 radical (unpaired) electrons. The van der Waals surface area contributed by atoms with E-state index in [0.717, 1.165) is 48.6 Å². The van der Waals surface area contributed by atoms with E-state index >= 15 is 0 Å². The summed E-state index contributed by atoms with van der Waals surface area (Å²) < 4.78 is 0. The van der Waals surface area contributed by atoms with Gasteiger partial charge in [-0.15, -0.1) is 0 Å². The monoisotopic (exact) mass is 469 g/mol. The van der Waals surface area contributed by atoms with E-state index in [1.54, 1.807) is 6.07 Å². The lowest BCUT2D eigenvalue weighted by Crippen LogP contribution is -2.18. The Balaban J connectivity index is 1.57. The van der Waals surface area contributed by atoms with Crippen molar-refractivity contribution in [3.8, 4) is 0 Å². The highest BCUT2D eigenvalue weighted by atomic mass is 16.4. The average Bonchev–Trinajstić information content (AvgIpc) is 3.60. The van der Waals surface area contributed by atoms with Crippen LogP contribution in [0.5, 0.6) is 0 Å². The second-order valence-corrected chi connectivity index (χ2v) is 9.98. The fraction of sp³-hybridized carbons (Fsp3) is 0.367. The lowest BCUT2D eigenvalue weighted by Gasteiger charge is -2.25. The summed E-state index contributed by atoms with van der Waals surface area (Å²) in [5, 5.41) is 10.2. The van der Waals surface area contributed by atoms with Gasteiger partial charge < -0.3 is 19.8 Å². The largest absolute Gasteiger partial charge is 0.478 e. The summed E-state index contributed by atoms with van der Waals surface area (Å²) in [6.07, 6.45) is 4.98. The number of aromatic carboxylic acids is 1. The van der Waals surface area contributed by atoms with E-state index in [1.165, 1.54) is 37.1 Å². The molecular formula is C30H35N3O2. The molecule has 2 fully saturated rings. The number of carboxylic acids is 1. The van der Waals surface area contributed by atoms with Crippen molar-refractivity contribution in [1.29, 1.82) is 0 Å². The predicted octanol–water partition coefficient (Wildman–Crippen LogP) is 5.83. The molecule has 3 aromatic carbocycles. The predicted molar refractivity (Wildman–Crippen MR) is 144 cm³/mol. The van der Waals surface area contributed by atoms with Gasteiger partial charge >= 0.3 is 5.97 Å². The molecule has 1 N–H and O–H groups in total. The van der Waals surface area contributed by atoms with Gasteiger partial charge in [-0.25, -0.2) is 4.79 Å². The number of benzene rings is 3. The number of carbonyl (C=O) groups is 1. The third kappa shape index (κ3) is 4.86. The first kappa shape index (κ1) is 23.3. The zero-order valence-corrected chi connectivity index (χ0v) is 20.8. The molecule has 5 rings (SSSR count). The van der Waals surface area contributed by atoms with Gasteiger partial charge in [0.2, 0.25) is 0 Å². The van der Waals surface area contributed by atoms with Crippen LogP contribution in [-0.2, 0) is 0 Å². The Bertz CT molecular complexity index is 1100. The van der Waals surface area contributed by atoms with E-state index in [-0.39, 0.29) is 5.92 Å². The van der Waals surface area contributed by atoms with Crippen LogP contribution in [0, 0.1) is 0 Å². The van der Waals surface area contributed by atoms with Crippen molar-refractivity contribution in [2.45, 2.75) is 31.6 Å². The number of hydrogen-bond donors (Lipinski definition) is 1. The first-order chi connectivity index (χ1) is 17.0. The summed E-state index contributed by atoms with van der Waals surface area (Å²) in [6.45, 7) is 4.43. The standard InChI is InChI=1S/C30H35N3O2/c1-31(2)26-15-16-27(28(21-26)30(34)35)29(22-7-11-24(12-8-22)32-17-3-4-18-32)23-9-13-25(14-10-23)33-19-5-6-20-33/h7-16,21,29H,3-6,17-20H2,1-2H3,(H,34,35). The fourth-order valence-electron chi connectivity index (χ4n) is 5.52. The number of nitrogens with zero attached hydrogens (tertiary/aromatic N) is 3. The first-order valence-corrected chi connectivity index (χ1v) is 12.8. The molecule has 2 heterocycles. The van der Waals surface area contributed by atoms with Crippen LogP contribution in [0.2, 0.25) is 0 Å². The molecule has 3 aromatic rings. The summed E-state index contributed by atoms with van der Waals surface area (Å²) in [5.74, 6) is -1.05. The van der Waals surface area contributed by atoms with E-state index in [4.69, 9.17) is 0 Å². The smallest absolute Gasteiger partial charge is 0.336 e. The molecule has 0 amide bonds. The van der Waals surface area contributed by atoms with Gasteiger partial charge in [-0.1, -0.05) is 30.3 Å². The molecule has 2 aliphatic rings. The molecule has 182 valence electrons. The van der Waals surface area contributed by atoms with Crippen molar-refractivity contribution in [3.05, 3.63) is 89.0 Å². The van der Waals surface area contributed by atoms with Crippen molar-refractivity contribution < 1.29 is 9.90 Å². The van der Waals surface area contributed by atoms with Crippen molar-refractivity contribution in [3.63, 3.8) is 0 Å². The molecule has 5 nitrogen and oxygen atoms in total. The van der Waals surface area contributed by atoms with E-state index in [0.29, 0.717) is 5.56 Å². The quantitative estimate of drug-likeness (QED) is 0.441. The van der Waals surface area contributed by atoms with Gasteiger partial charge in [-0.05, 0) is 78.8 Å². The number of carboxylic acid groups (broad SMARTS) is 1. The van der Waals surface area contributed by atoms with Crippen molar-refractivity contribution in [2.75, 3.05) is 55.0 Å². The van der Waals surface area contributed by atoms with Crippen LogP contribution >= 0.6 is 0 Å². The Morgan fingerprint density at radius 2 is 1.20 bits per heavy atom. The Morgan fingerprint density at radius 3 is 1.60 bits per heavy atom. The van der Waals surface area contributed by atoms with E-state index in [1.807, 2.05) is 31.1 Å². The maximum absolute atomic E-state index is 12.4. The third-order valence-corrected chi connectivity index (χ3v) is 7.49. The number of hydrogen-bond acceptors (Lipinski definition) is 4. The fourth-order valence-corrected chi connectivity index (χ4v) is 5.52. The van der Waals surface area contributed by atoms with Crippen LogP contribution in [0.15, 0.2) is 66.7 Å². The molecule has 0 aromatic heterocycles. The molecule has 0 unspecified atom stereocenters. The summed E-state index contributed by atoms with van der Waals surface area (Å²) >= 11 is 0. The minimum atomic E-state index is -0.893. The lowest BCUT2D eigenvalue weighted by molar-refractivity contribution is 0.0695. The average molecular weight is 470 g/mol. The van der Waals surface area contributed by atoms with Gasteiger partial charge in [0.25, 0.3) is 0 Å². The van der Waals surface area contributed by atoms with Crippen molar-refractivity contribution in [1.82, 2.24) is 0 Å². The molecule has 0 bridgehead atoms. The minimum Gasteiger partial charge on any atom is -0.478 e. The zero-order valence-electron chi connectivity index (χ0n) is 20.8. The Labute approximate surface area is 208 Å². The van der Waals surface area contributed by atoms with Crippen LogP contribution in [0.3, 0.4) is 0 Å². The van der Waals surface area contributed by atoms with E-state index in [9.17, 15) is 9.90 Å². The molecule has 0 saturated carbocycles. The Morgan fingerprint density at radius 1 is 0.743 bits per heavy atom. The van der Waals surface area contributed by atoms with Gasteiger partial charge in [0.1, 0.15) is 0 Å². The molecule has 35 heavy (non-hydrogen) atoms. The topological polar surface area (TPSA) is 47.0 Å². The normalized spacial score (nSPS) is 15.7. The van der Waals surface area contributed by atoms with Crippen LogP contribution in [-0.4, -0.2) is 51.4 Å². The highest BCUT2D eigenvalue weighted by molar-refractivity contribution is 5.91. The Hall–Kier alpha value is -3.47. The van der Waals surface area contributed by atoms with Gasteiger partial charge in [0, 0.05) is 63.3 Å². The number of anilines is 3. The SMILES string of the molecule is CN(C)c1ccc(C(c2ccc(N3CCCC3)cc2)c2ccc(N3CCCC3)cc2)c(C(=O)O)c1. The number of rotatable bonds is 7. The van der Waals surface area contributed by atoms with Gasteiger partial charge in [0.05, 0.1) is 5.56 Å². The molecule has 2 aliphatic heterocycles.